The van der Waals surface area contributed by atoms with Gasteiger partial charge in [-0.15, -0.1) is 0 Å². The molecule has 6 heteroatoms. The van der Waals surface area contributed by atoms with Crippen molar-refractivity contribution < 1.29 is 8.42 Å². The van der Waals surface area contributed by atoms with Crippen molar-refractivity contribution in [3.05, 3.63) is 28.8 Å². The zero-order valence-corrected chi connectivity index (χ0v) is 12.7. The van der Waals surface area contributed by atoms with Gasteiger partial charge in [0.25, 0.3) is 0 Å². The second-order valence-corrected chi connectivity index (χ2v) is 6.93. The fourth-order valence-electron chi connectivity index (χ4n) is 2.19. The van der Waals surface area contributed by atoms with Gasteiger partial charge in [0.2, 0.25) is 10.0 Å². The Labute approximate surface area is 125 Å². The molecule has 0 bridgehead atoms. The van der Waals surface area contributed by atoms with Crippen molar-refractivity contribution >= 4 is 21.6 Å². The fraction of sp³-hybridized carbons (Fsp3) is 0.429. The first-order valence-electron chi connectivity index (χ1n) is 6.54. The van der Waals surface area contributed by atoms with Gasteiger partial charge >= 0.3 is 0 Å². The van der Waals surface area contributed by atoms with Crippen LogP contribution < -0.4 is 5.73 Å². The lowest BCUT2D eigenvalue weighted by Gasteiger charge is -2.26. The molecule has 1 heterocycles. The molecule has 0 amide bonds. The monoisotopic (exact) mass is 312 g/mol. The number of nitrogens with zero attached hydrogens (tertiary/aromatic N) is 1. The predicted molar refractivity (Wildman–Crippen MR) is 80.0 cm³/mol. The summed E-state index contributed by atoms with van der Waals surface area (Å²) in [5, 5.41) is 0.208. The van der Waals surface area contributed by atoms with Crippen LogP contribution in [0.2, 0.25) is 5.02 Å². The summed E-state index contributed by atoms with van der Waals surface area (Å²) in [6.07, 6.45) is 2.88. The minimum Gasteiger partial charge on any atom is -0.320 e. The SMILES string of the molecule is NCC#Cc1ccc(S(=O)(=O)N2CCCCC2)c(Cl)c1. The van der Waals surface area contributed by atoms with E-state index in [1.807, 2.05) is 0 Å². The molecule has 108 valence electrons. The van der Waals surface area contributed by atoms with E-state index in [1.54, 1.807) is 12.1 Å². The maximum absolute atomic E-state index is 12.5. The molecule has 0 aliphatic carbocycles. The van der Waals surface area contributed by atoms with Gasteiger partial charge in [-0.05, 0) is 31.0 Å². The van der Waals surface area contributed by atoms with Crippen LogP contribution >= 0.6 is 11.6 Å². The largest absolute Gasteiger partial charge is 0.320 e. The van der Waals surface area contributed by atoms with Crippen LogP contribution in [0.1, 0.15) is 24.8 Å². The third kappa shape index (κ3) is 3.33. The molecular formula is C14H17ClN2O2S. The molecule has 1 fully saturated rings. The van der Waals surface area contributed by atoms with Crippen LogP contribution in [0.3, 0.4) is 0 Å². The highest BCUT2D eigenvalue weighted by atomic mass is 35.5. The number of halogens is 1. The van der Waals surface area contributed by atoms with E-state index in [2.05, 4.69) is 11.8 Å². The Morgan fingerprint density at radius 2 is 1.95 bits per heavy atom. The molecule has 0 saturated carbocycles. The van der Waals surface area contributed by atoms with E-state index in [4.69, 9.17) is 17.3 Å². The summed E-state index contributed by atoms with van der Waals surface area (Å²) in [4.78, 5) is 0.152. The Kier molecular flexibility index (Phi) is 5.06. The average Bonchev–Trinajstić information content (AvgIpc) is 2.46. The van der Waals surface area contributed by atoms with Gasteiger partial charge in [0.15, 0.2) is 0 Å². The minimum absolute atomic E-state index is 0.152. The van der Waals surface area contributed by atoms with Gasteiger partial charge in [0, 0.05) is 18.7 Å². The second-order valence-electron chi connectivity index (χ2n) is 4.62. The Balaban J connectivity index is 2.32. The van der Waals surface area contributed by atoms with Crippen LogP contribution in [-0.2, 0) is 10.0 Å². The van der Waals surface area contributed by atoms with Gasteiger partial charge in [-0.2, -0.15) is 4.31 Å². The van der Waals surface area contributed by atoms with E-state index >= 15 is 0 Å². The van der Waals surface area contributed by atoms with Gasteiger partial charge in [0.1, 0.15) is 4.90 Å². The van der Waals surface area contributed by atoms with Crippen LogP contribution in [0, 0.1) is 11.8 Å². The zero-order chi connectivity index (χ0) is 14.6. The summed E-state index contributed by atoms with van der Waals surface area (Å²) in [5.41, 5.74) is 5.97. The Bertz CT molecular complexity index is 641. The first-order valence-corrected chi connectivity index (χ1v) is 8.36. The summed E-state index contributed by atoms with van der Waals surface area (Å²) < 4.78 is 26.5. The molecule has 20 heavy (non-hydrogen) atoms. The normalized spacial score (nSPS) is 16.5. The molecular weight excluding hydrogens is 296 g/mol. The van der Waals surface area contributed by atoms with Crippen molar-refractivity contribution in [1.82, 2.24) is 4.31 Å². The number of piperidine rings is 1. The summed E-state index contributed by atoms with van der Waals surface area (Å²) in [6.45, 7) is 1.38. The fourth-order valence-corrected chi connectivity index (χ4v) is 4.22. The zero-order valence-electron chi connectivity index (χ0n) is 11.1. The quantitative estimate of drug-likeness (QED) is 0.847. The van der Waals surface area contributed by atoms with E-state index in [-0.39, 0.29) is 16.5 Å². The standard InChI is InChI=1S/C14H17ClN2O2S/c15-13-11-12(5-4-8-16)6-7-14(13)20(18,19)17-9-2-1-3-10-17/h6-7,11H,1-3,8-10,16H2. The number of nitrogens with two attached hydrogens (primary N) is 1. The van der Waals surface area contributed by atoms with Gasteiger partial charge in [0.05, 0.1) is 11.6 Å². The molecule has 1 aliphatic heterocycles. The van der Waals surface area contributed by atoms with Crippen molar-refractivity contribution in [2.75, 3.05) is 19.6 Å². The molecule has 4 nitrogen and oxygen atoms in total. The first kappa shape index (κ1) is 15.3. The summed E-state index contributed by atoms with van der Waals surface area (Å²) in [5.74, 6) is 5.55. The minimum atomic E-state index is -3.50. The van der Waals surface area contributed by atoms with E-state index in [0.29, 0.717) is 18.7 Å². The lowest BCUT2D eigenvalue weighted by Crippen LogP contribution is -2.35. The summed E-state index contributed by atoms with van der Waals surface area (Å²) in [7, 11) is -3.50. The van der Waals surface area contributed by atoms with Gasteiger partial charge in [-0.3, -0.25) is 0 Å². The number of sulfonamides is 1. The highest BCUT2D eigenvalue weighted by molar-refractivity contribution is 7.89. The van der Waals surface area contributed by atoms with Crippen molar-refractivity contribution in [2.45, 2.75) is 24.2 Å². The summed E-state index contributed by atoms with van der Waals surface area (Å²) in [6, 6.07) is 4.75. The molecule has 1 aromatic carbocycles. The molecule has 0 spiro atoms. The van der Waals surface area contributed by atoms with E-state index in [1.165, 1.54) is 10.4 Å². The number of hydrogen-bond donors (Lipinski definition) is 1. The Morgan fingerprint density at radius 3 is 2.55 bits per heavy atom. The number of benzene rings is 1. The molecule has 1 aliphatic rings. The average molecular weight is 313 g/mol. The molecule has 0 unspecified atom stereocenters. The molecule has 0 radical (unpaired) electrons. The van der Waals surface area contributed by atoms with Crippen LogP contribution in [0.15, 0.2) is 23.1 Å². The molecule has 1 aromatic rings. The van der Waals surface area contributed by atoms with Crippen LogP contribution in [0.25, 0.3) is 0 Å². The first-order chi connectivity index (χ1) is 9.55. The van der Waals surface area contributed by atoms with Crippen molar-refractivity contribution in [2.24, 2.45) is 5.73 Å². The predicted octanol–water partition coefficient (Wildman–Crippen LogP) is 1.82. The van der Waals surface area contributed by atoms with Crippen LogP contribution in [-0.4, -0.2) is 32.4 Å². The Hall–Kier alpha value is -1.06. The lowest BCUT2D eigenvalue weighted by atomic mass is 10.2. The van der Waals surface area contributed by atoms with Gasteiger partial charge in [-0.25, -0.2) is 8.42 Å². The molecule has 1 saturated heterocycles. The third-order valence-corrected chi connectivity index (χ3v) is 5.58. The van der Waals surface area contributed by atoms with Crippen molar-refractivity contribution in [3.8, 4) is 11.8 Å². The maximum atomic E-state index is 12.5. The van der Waals surface area contributed by atoms with Crippen molar-refractivity contribution in [1.29, 1.82) is 0 Å². The highest BCUT2D eigenvalue weighted by Gasteiger charge is 2.27. The van der Waals surface area contributed by atoms with Gasteiger partial charge in [-0.1, -0.05) is 29.9 Å². The topological polar surface area (TPSA) is 63.4 Å². The smallest absolute Gasteiger partial charge is 0.244 e. The van der Waals surface area contributed by atoms with Gasteiger partial charge < -0.3 is 5.73 Å². The highest BCUT2D eigenvalue weighted by Crippen LogP contribution is 2.27. The van der Waals surface area contributed by atoms with Crippen LogP contribution in [0.5, 0.6) is 0 Å². The molecule has 0 atom stereocenters. The van der Waals surface area contributed by atoms with E-state index in [0.717, 1.165) is 19.3 Å². The van der Waals surface area contributed by atoms with Crippen LogP contribution in [0.4, 0.5) is 0 Å². The third-order valence-electron chi connectivity index (χ3n) is 3.20. The maximum Gasteiger partial charge on any atom is 0.244 e. The Morgan fingerprint density at radius 1 is 1.25 bits per heavy atom. The molecule has 0 aromatic heterocycles. The van der Waals surface area contributed by atoms with E-state index < -0.39 is 10.0 Å². The summed E-state index contributed by atoms with van der Waals surface area (Å²) >= 11 is 6.11. The van der Waals surface area contributed by atoms with Crippen molar-refractivity contribution in [3.63, 3.8) is 0 Å². The number of hydrogen-bond acceptors (Lipinski definition) is 3. The second kappa shape index (κ2) is 6.59. The molecule has 2 N–H and O–H groups in total. The lowest BCUT2D eigenvalue weighted by molar-refractivity contribution is 0.346. The molecule has 2 rings (SSSR count). The number of rotatable bonds is 2. The van der Waals surface area contributed by atoms with E-state index in [9.17, 15) is 8.42 Å².